The standard InChI is InChI=1S/C23H20N2O/c1-23(22(26)25-15-7-6-12-24-14-15)13-20-16-8-2-4-10-18(16)21(23)19-11-5-3-9-17(19)20/h2-12,14,20-21H,13H2,1H3,(H,25,26)/t20?,21?,23-/m1/s1. The number of fused-ring (bicyclic) bond motifs is 1. The van der Waals surface area contributed by atoms with Crippen LogP contribution in [0.5, 0.6) is 0 Å². The highest BCUT2D eigenvalue weighted by Gasteiger charge is 2.53. The van der Waals surface area contributed by atoms with Gasteiger partial charge in [-0.3, -0.25) is 9.78 Å². The Balaban J connectivity index is 1.63. The Labute approximate surface area is 153 Å². The highest BCUT2D eigenvalue weighted by atomic mass is 16.2. The molecule has 0 unspecified atom stereocenters. The Bertz CT molecular complexity index is 950. The summed E-state index contributed by atoms with van der Waals surface area (Å²) < 4.78 is 0. The average molecular weight is 340 g/mol. The normalized spacial score (nSPS) is 25.3. The molecule has 3 aromatic rings. The van der Waals surface area contributed by atoms with E-state index in [1.54, 1.807) is 12.4 Å². The van der Waals surface area contributed by atoms with E-state index in [0.717, 1.165) is 12.1 Å². The minimum absolute atomic E-state index is 0.0736. The summed E-state index contributed by atoms with van der Waals surface area (Å²) in [4.78, 5) is 17.5. The second kappa shape index (κ2) is 5.53. The number of hydrogen-bond acceptors (Lipinski definition) is 2. The summed E-state index contributed by atoms with van der Waals surface area (Å²) in [6.45, 7) is 2.11. The van der Waals surface area contributed by atoms with Crippen molar-refractivity contribution in [2.24, 2.45) is 5.41 Å². The molecule has 2 bridgehead atoms. The first-order valence-corrected chi connectivity index (χ1v) is 9.07. The lowest BCUT2D eigenvalue weighted by molar-refractivity contribution is -0.126. The van der Waals surface area contributed by atoms with Crippen molar-refractivity contribution in [3.63, 3.8) is 0 Å². The Morgan fingerprint density at radius 3 is 2.15 bits per heavy atom. The molecule has 26 heavy (non-hydrogen) atoms. The van der Waals surface area contributed by atoms with Crippen molar-refractivity contribution in [3.05, 3.63) is 95.3 Å². The van der Waals surface area contributed by atoms with Crippen molar-refractivity contribution >= 4 is 11.6 Å². The van der Waals surface area contributed by atoms with Gasteiger partial charge in [0.25, 0.3) is 0 Å². The molecule has 3 aliphatic carbocycles. The number of nitrogens with zero attached hydrogens (tertiary/aromatic N) is 1. The fourth-order valence-electron chi connectivity index (χ4n) is 4.90. The van der Waals surface area contributed by atoms with E-state index in [-0.39, 0.29) is 17.7 Å². The van der Waals surface area contributed by atoms with E-state index in [2.05, 4.69) is 65.8 Å². The number of rotatable bonds is 2. The van der Waals surface area contributed by atoms with Gasteiger partial charge in [0.1, 0.15) is 0 Å². The molecule has 6 rings (SSSR count). The van der Waals surface area contributed by atoms with Crippen LogP contribution in [0.15, 0.2) is 73.1 Å². The van der Waals surface area contributed by atoms with Gasteiger partial charge in [-0.2, -0.15) is 0 Å². The lowest BCUT2D eigenvalue weighted by Gasteiger charge is -2.50. The lowest BCUT2D eigenvalue weighted by atomic mass is 9.52. The average Bonchev–Trinajstić information content (AvgIpc) is 2.69. The first-order valence-electron chi connectivity index (χ1n) is 9.07. The molecule has 0 saturated carbocycles. The molecule has 1 atom stereocenters. The summed E-state index contributed by atoms with van der Waals surface area (Å²) in [6.07, 6.45) is 4.24. The number of anilines is 1. The van der Waals surface area contributed by atoms with Gasteiger partial charge < -0.3 is 5.32 Å². The van der Waals surface area contributed by atoms with Crippen molar-refractivity contribution in [1.82, 2.24) is 4.98 Å². The third-order valence-electron chi connectivity index (χ3n) is 6.07. The summed E-state index contributed by atoms with van der Waals surface area (Å²) in [5.74, 6) is 0.429. The maximum absolute atomic E-state index is 13.4. The van der Waals surface area contributed by atoms with Crippen molar-refractivity contribution in [2.75, 3.05) is 5.32 Å². The van der Waals surface area contributed by atoms with Crippen LogP contribution in [0.25, 0.3) is 0 Å². The van der Waals surface area contributed by atoms with Crippen LogP contribution in [0.4, 0.5) is 5.69 Å². The van der Waals surface area contributed by atoms with E-state index >= 15 is 0 Å². The van der Waals surface area contributed by atoms with E-state index in [1.807, 2.05) is 12.1 Å². The van der Waals surface area contributed by atoms with Gasteiger partial charge in [0.2, 0.25) is 5.91 Å². The number of amides is 1. The van der Waals surface area contributed by atoms with E-state index < -0.39 is 5.41 Å². The first kappa shape index (κ1) is 15.3. The van der Waals surface area contributed by atoms with Crippen molar-refractivity contribution in [1.29, 1.82) is 0 Å². The fourth-order valence-corrected chi connectivity index (χ4v) is 4.90. The van der Waals surface area contributed by atoms with E-state index in [1.165, 1.54) is 22.3 Å². The maximum atomic E-state index is 13.4. The molecule has 3 nitrogen and oxygen atoms in total. The number of carbonyl (C=O) groups excluding carboxylic acids is 1. The van der Waals surface area contributed by atoms with Gasteiger partial charge >= 0.3 is 0 Å². The number of nitrogens with one attached hydrogen (secondary N) is 1. The molecule has 1 N–H and O–H groups in total. The highest BCUT2D eigenvalue weighted by Crippen LogP contribution is 2.61. The molecule has 0 spiro atoms. The second-order valence-corrected chi connectivity index (χ2v) is 7.56. The Hall–Kier alpha value is -2.94. The zero-order chi connectivity index (χ0) is 17.7. The first-order chi connectivity index (χ1) is 12.7. The molecular weight excluding hydrogens is 320 g/mol. The van der Waals surface area contributed by atoms with Crippen LogP contribution in [0.1, 0.15) is 47.4 Å². The molecule has 3 aliphatic rings. The summed E-state index contributed by atoms with van der Waals surface area (Å²) in [5, 5.41) is 3.10. The Morgan fingerprint density at radius 1 is 0.962 bits per heavy atom. The van der Waals surface area contributed by atoms with Gasteiger partial charge in [-0.05, 0) is 47.7 Å². The number of hydrogen-bond donors (Lipinski definition) is 1. The molecule has 0 aliphatic heterocycles. The molecule has 0 radical (unpaired) electrons. The summed E-state index contributed by atoms with van der Waals surface area (Å²) >= 11 is 0. The predicted molar refractivity (Wildman–Crippen MR) is 102 cm³/mol. The Kier molecular flexibility index (Phi) is 3.26. The van der Waals surface area contributed by atoms with E-state index in [0.29, 0.717) is 0 Å². The number of carbonyl (C=O) groups is 1. The van der Waals surface area contributed by atoms with Crippen LogP contribution in [0, 0.1) is 5.41 Å². The van der Waals surface area contributed by atoms with Gasteiger partial charge in [0.15, 0.2) is 0 Å². The van der Waals surface area contributed by atoms with E-state index in [4.69, 9.17) is 0 Å². The number of aromatic nitrogens is 1. The topological polar surface area (TPSA) is 42.0 Å². The fraction of sp³-hybridized carbons (Fsp3) is 0.217. The van der Waals surface area contributed by atoms with Crippen LogP contribution in [0.2, 0.25) is 0 Å². The van der Waals surface area contributed by atoms with Crippen LogP contribution in [-0.4, -0.2) is 10.9 Å². The minimum Gasteiger partial charge on any atom is -0.324 e. The van der Waals surface area contributed by atoms with E-state index in [9.17, 15) is 4.79 Å². The van der Waals surface area contributed by atoms with Gasteiger partial charge in [-0.15, -0.1) is 0 Å². The smallest absolute Gasteiger partial charge is 0.231 e. The van der Waals surface area contributed by atoms with Crippen LogP contribution in [0.3, 0.4) is 0 Å². The van der Waals surface area contributed by atoms with Crippen LogP contribution >= 0.6 is 0 Å². The van der Waals surface area contributed by atoms with Crippen LogP contribution < -0.4 is 5.32 Å². The Morgan fingerprint density at radius 2 is 1.58 bits per heavy atom. The largest absolute Gasteiger partial charge is 0.324 e. The molecule has 1 amide bonds. The quantitative estimate of drug-likeness (QED) is 0.734. The van der Waals surface area contributed by atoms with Crippen LogP contribution in [-0.2, 0) is 4.79 Å². The summed E-state index contributed by atoms with van der Waals surface area (Å²) in [6, 6.07) is 20.9. The molecular formula is C23H20N2O. The van der Waals surface area contributed by atoms with Crippen molar-refractivity contribution in [2.45, 2.75) is 25.2 Å². The third-order valence-corrected chi connectivity index (χ3v) is 6.07. The van der Waals surface area contributed by atoms with Gasteiger partial charge in [0.05, 0.1) is 17.3 Å². The molecule has 2 aromatic carbocycles. The number of pyridine rings is 1. The molecule has 3 heteroatoms. The number of benzene rings is 2. The predicted octanol–water partition coefficient (Wildman–Crippen LogP) is 4.71. The SMILES string of the molecule is C[C@@]1(C(=O)Nc2cccnc2)CC2c3ccccc3C1c1ccccc12. The monoisotopic (exact) mass is 340 g/mol. The molecule has 1 heterocycles. The van der Waals surface area contributed by atoms with Crippen molar-refractivity contribution in [3.8, 4) is 0 Å². The molecule has 0 fully saturated rings. The lowest BCUT2D eigenvalue weighted by Crippen LogP contribution is -2.47. The highest BCUT2D eigenvalue weighted by molar-refractivity contribution is 5.97. The second-order valence-electron chi connectivity index (χ2n) is 7.56. The molecule has 0 saturated heterocycles. The molecule has 1 aromatic heterocycles. The maximum Gasteiger partial charge on any atom is 0.231 e. The van der Waals surface area contributed by atoms with Gasteiger partial charge in [-0.25, -0.2) is 0 Å². The minimum atomic E-state index is -0.483. The summed E-state index contributed by atoms with van der Waals surface area (Å²) in [7, 11) is 0. The summed E-state index contributed by atoms with van der Waals surface area (Å²) in [5.41, 5.74) is 5.62. The van der Waals surface area contributed by atoms with Crippen molar-refractivity contribution < 1.29 is 4.79 Å². The zero-order valence-electron chi connectivity index (χ0n) is 14.6. The zero-order valence-corrected chi connectivity index (χ0v) is 14.6. The molecule has 128 valence electrons. The van der Waals surface area contributed by atoms with Gasteiger partial charge in [-0.1, -0.05) is 48.5 Å². The van der Waals surface area contributed by atoms with Gasteiger partial charge in [0, 0.05) is 18.0 Å². The third kappa shape index (κ3) is 2.07.